The lowest BCUT2D eigenvalue weighted by Gasteiger charge is -2.62. The second-order valence-electron chi connectivity index (χ2n) is 16.4. The van der Waals surface area contributed by atoms with Crippen LogP contribution in [0.25, 0.3) is 39.0 Å². The van der Waals surface area contributed by atoms with E-state index in [1.165, 1.54) is 54.0 Å². The Balaban J connectivity index is 0.952. The van der Waals surface area contributed by atoms with Crippen molar-refractivity contribution in [2.24, 2.45) is 23.7 Å². The van der Waals surface area contributed by atoms with Crippen molar-refractivity contribution >= 4 is 33.2 Å². The first-order chi connectivity index (χ1) is 27.2. The van der Waals surface area contributed by atoms with Crippen molar-refractivity contribution in [1.29, 1.82) is 0 Å². The average molecular weight is 716 g/mol. The molecule has 0 N–H and O–H groups in total. The fourth-order valence-corrected chi connectivity index (χ4v) is 11.7. The van der Waals surface area contributed by atoms with E-state index in [0.717, 1.165) is 62.9 Å². The minimum atomic E-state index is 0.0126. The Morgan fingerprint density at radius 3 is 2.22 bits per heavy atom. The molecular formula is C49H41N5O. The number of para-hydroxylation sites is 2. The summed E-state index contributed by atoms with van der Waals surface area (Å²) in [4.78, 5) is 12.1. The number of anilines is 2. The van der Waals surface area contributed by atoms with E-state index in [2.05, 4.69) is 153 Å². The summed E-state index contributed by atoms with van der Waals surface area (Å²) < 4.78 is 11.3. The molecule has 5 aromatic carbocycles. The molecule has 268 valence electrons. The molecule has 4 saturated carbocycles. The summed E-state index contributed by atoms with van der Waals surface area (Å²) in [6.45, 7) is 0.683. The lowest BCUT2D eigenvalue weighted by Crippen LogP contribution is -2.56. The van der Waals surface area contributed by atoms with Gasteiger partial charge in [-0.3, -0.25) is 4.57 Å². The summed E-state index contributed by atoms with van der Waals surface area (Å²) >= 11 is 0. The molecular weight excluding hydrogens is 675 g/mol. The molecule has 0 radical (unpaired) electrons. The van der Waals surface area contributed by atoms with Crippen molar-refractivity contribution in [2.45, 2.75) is 44.2 Å². The van der Waals surface area contributed by atoms with Gasteiger partial charge in [-0.15, -0.1) is 0 Å². The van der Waals surface area contributed by atoms with Gasteiger partial charge in [0.05, 0.1) is 16.7 Å². The second-order valence-corrected chi connectivity index (χ2v) is 16.4. The third-order valence-electron chi connectivity index (χ3n) is 13.6. The molecule has 3 aromatic heterocycles. The van der Waals surface area contributed by atoms with Crippen molar-refractivity contribution in [1.82, 2.24) is 19.1 Å². The Hall–Kier alpha value is -6.14. The fraction of sp³-hybridized carbons (Fsp3) is 0.224. The summed E-state index contributed by atoms with van der Waals surface area (Å²) in [6.07, 6.45) is 12.8. The van der Waals surface area contributed by atoms with Crippen molar-refractivity contribution in [3.8, 4) is 28.7 Å². The van der Waals surface area contributed by atoms with Crippen LogP contribution in [0.15, 0.2) is 152 Å². The zero-order valence-electron chi connectivity index (χ0n) is 30.6. The van der Waals surface area contributed by atoms with Crippen LogP contribution in [0.4, 0.5) is 11.4 Å². The molecule has 6 nitrogen and oxygen atoms in total. The molecule has 55 heavy (non-hydrogen) atoms. The monoisotopic (exact) mass is 715 g/mol. The Kier molecular flexibility index (Phi) is 6.77. The number of rotatable bonds is 6. The molecule has 0 saturated heterocycles. The predicted octanol–water partition coefficient (Wildman–Crippen LogP) is 11.7. The molecule has 4 fully saturated rings. The van der Waals surface area contributed by atoms with Gasteiger partial charge in [0.1, 0.15) is 29.8 Å². The summed E-state index contributed by atoms with van der Waals surface area (Å²) in [5, 5.41) is 2.41. The van der Waals surface area contributed by atoms with E-state index < -0.39 is 0 Å². The highest BCUT2D eigenvalue weighted by molar-refractivity contribution is 6.09. The normalized spacial score (nSPS) is 23.6. The van der Waals surface area contributed by atoms with Gasteiger partial charge in [0.25, 0.3) is 0 Å². The SMILES string of the molecule is c1ccc(C2(c3ccnc(-n4c5ccccc5c5ccc(Oc6cccc(N7Cn8ccnc8-c8ccccc87)c6)cc54)c3)C3CC4CC(C3)CC2C4)cc1. The Morgan fingerprint density at radius 1 is 0.582 bits per heavy atom. The highest BCUT2D eigenvalue weighted by atomic mass is 16.5. The predicted molar refractivity (Wildman–Crippen MR) is 219 cm³/mol. The minimum Gasteiger partial charge on any atom is -0.457 e. The third-order valence-corrected chi connectivity index (χ3v) is 13.6. The molecule has 4 aliphatic carbocycles. The fourth-order valence-electron chi connectivity index (χ4n) is 11.7. The largest absolute Gasteiger partial charge is 0.457 e. The van der Waals surface area contributed by atoms with Gasteiger partial charge in [0.15, 0.2) is 0 Å². The number of nitrogens with zero attached hydrogens (tertiary/aromatic N) is 5. The maximum Gasteiger partial charge on any atom is 0.143 e. The smallest absolute Gasteiger partial charge is 0.143 e. The lowest BCUT2D eigenvalue weighted by atomic mass is 9.42. The van der Waals surface area contributed by atoms with Crippen LogP contribution >= 0.6 is 0 Å². The highest BCUT2D eigenvalue weighted by Crippen LogP contribution is 2.65. The van der Waals surface area contributed by atoms with E-state index in [1.54, 1.807) is 0 Å². The average Bonchev–Trinajstić information content (AvgIpc) is 3.84. The van der Waals surface area contributed by atoms with Crippen molar-refractivity contribution in [3.63, 3.8) is 0 Å². The number of imidazole rings is 1. The quantitative estimate of drug-likeness (QED) is 0.172. The molecule has 8 aromatic rings. The van der Waals surface area contributed by atoms with E-state index in [1.807, 2.05) is 18.5 Å². The topological polar surface area (TPSA) is 48.1 Å². The van der Waals surface area contributed by atoms with Gasteiger partial charge in [-0.05, 0) is 121 Å². The standard InChI is InChI=1S/C49H41N5O/c1-2-9-34(10-3-1)49(36-24-32-23-33(26-36)27-37(49)25-32)35-19-20-50-47(28-35)54-45-16-7-4-13-41(45)42-18-17-40(30-46(42)54)55-39-12-8-11-38(29-39)53-31-52-22-21-51-48(52)43-14-5-6-15-44(43)53/h1-22,28-30,32-33,36-37H,23-27,31H2. The van der Waals surface area contributed by atoms with E-state index in [0.29, 0.717) is 18.5 Å². The Labute approximate surface area is 320 Å². The highest BCUT2D eigenvalue weighted by Gasteiger charge is 2.58. The zero-order chi connectivity index (χ0) is 36.1. The number of pyridine rings is 1. The number of hydrogen-bond acceptors (Lipinski definition) is 4. The van der Waals surface area contributed by atoms with Crippen LogP contribution < -0.4 is 9.64 Å². The molecule has 1 aliphatic heterocycles. The first kappa shape index (κ1) is 31.2. The van der Waals surface area contributed by atoms with Gasteiger partial charge in [-0.2, -0.15) is 0 Å². The summed E-state index contributed by atoms with van der Waals surface area (Å²) in [7, 11) is 0. The van der Waals surface area contributed by atoms with Crippen LogP contribution in [0, 0.1) is 23.7 Å². The van der Waals surface area contributed by atoms with E-state index >= 15 is 0 Å². The molecule has 13 rings (SSSR count). The van der Waals surface area contributed by atoms with Crippen molar-refractivity contribution in [3.05, 3.63) is 163 Å². The molecule has 4 bridgehead atoms. The summed E-state index contributed by atoms with van der Waals surface area (Å²) in [5.41, 5.74) is 8.50. The van der Waals surface area contributed by atoms with Crippen LogP contribution in [0.2, 0.25) is 0 Å². The first-order valence-corrected chi connectivity index (χ1v) is 19.9. The molecule has 0 spiro atoms. The number of ether oxygens (including phenoxy) is 1. The molecule has 0 amide bonds. The van der Waals surface area contributed by atoms with E-state index in [-0.39, 0.29) is 5.41 Å². The molecule has 6 heteroatoms. The molecule has 0 atom stereocenters. The minimum absolute atomic E-state index is 0.0126. The van der Waals surface area contributed by atoms with Gasteiger partial charge < -0.3 is 14.2 Å². The van der Waals surface area contributed by atoms with Crippen molar-refractivity contribution in [2.75, 3.05) is 4.90 Å². The maximum absolute atomic E-state index is 6.72. The van der Waals surface area contributed by atoms with Gasteiger partial charge in [0.2, 0.25) is 0 Å². The van der Waals surface area contributed by atoms with Crippen LogP contribution in [-0.4, -0.2) is 19.1 Å². The Bertz CT molecular complexity index is 2730. The number of aromatic nitrogens is 4. The molecule has 5 aliphatic rings. The molecule has 0 unspecified atom stereocenters. The Morgan fingerprint density at radius 2 is 1.35 bits per heavy atom. The van der Waals surface area contributed by atoms with Gasteiger partial charge in [-0.25, -0.2) is 9.97 Å². The van der Waals surface area contributed by atoms with Crippen LogP contribution in [0.3, 0.4) is 0 Å². The maximum atomic E-state index is 6.72. The van der Waals surface area contributed by atoms with Gasteiger partial charge in [-0.1, -0.05) is 66.7 Å². The van der Waals surface area contributed by atoms with Crippen molar-refractivity contribution < 1.29 is 4.74 Å². The van der Waals surface area contributed by atoms with Crippen LogP contribution in [0.1, 0.15) is 43.2 Å². The van der Waals surface area contributed by atoms with Crippen LogP contribution in [0.5, 0.6) is 11.5 Å². The van der Waals surface area contributed by atoms with Gasteiger partial charge >= 0.3 is 0 Å². The zero-order valence-corrected chi connectivity index (χ0v) is 30.6. The lowest BCUT2D eigenvalue weighted by molar-refractivity contribution is -0.0418. The number of benzene rings is 5. The third kappa shape index (κ3) is 4.67. The van der Waals surface area contributed by atoms with Crippen LogP contribution in [-0.2, 0) is 12.1 Å². The summed E-state index contributed by atoms with van der Waals surface area (Å²) in [6, 6.07) is 48.4. The second kappa shape index (κ2) is 11.9. The summed E-state index contributed by atoms with van der Waals surface area (Å²) in [5.74, 6) is 6.65. The van der Waals surface area contributed by atoms with E-state index in [9.17, 15) is 0 Å². The number of hydrogen-bond donors (Lipinski definition) is 0. The molecule has 4 heterocycles. The number of fused-ring (bicyclic) bond motifs is 6. The van der Waals surface area contributed by atoms with Gasteiger partial charge in [0, 0.05) is 58.2 Å². The first-order valence-electron chi connectivity index (χ1n) is 19.9. The van der Waals surface area contributed by atoms with E-state index in [4.69, 9.17) is 9.72 Å².